The molecule has 2 N–H and O–H groups in total. The molecule has 0 bridgehead atoms. The van der Waals surface area contributed by atoms with Gasteiger partial charge in [0.25, 0.3) is 0 Å². The van der Waals surface area contributed by atoms with Crippen LogP contribution in [-0.2, 0) is 17.6 Å². The third-order valence-corrected chi connectivity index (χ3v) is 5.55. The molecule has 0 spiro atoms. The summed E-state index contributed by atoms with van der Waals surface area (Å²) in [6.07, 6.45) is 8.21. The lowest BCUT2D eigenvalue weighted by Crippen LogP contribution is -2.52. The van der Waals surface area contributed by atoms with Crippen molar-refractivity contribution in [3.05, 3.63) is 21.9 Å². The van der Waals surface area contributed by atoms with Gasteiger partial charge in [-0.1, -0.05) is 26.2 Å². The van der Waals surface area contributed by atoms with Crippen LogP contribution in [0.1, 0.15) is 55.7 Å². The monoisotopic (exact) mass is 281 g/mol. The average Bonchev–Trinajstić information content (AvgIpc) is 2.88. The van der Waals surface area contributed by atoms with E-state index in [1.54, 1.807) is 0 Å². The van der Waals surface area contributed by atoms with Crippen molar-refractivity contribution in [1.29, 1.82) is 0 Å². The Balaban J connectivity index is 2.04. The molecule has 0 saturated heterocycles. The first-order chi connectivity index (χ1) is 9.20. The van der Waals surface area contributed by atoms with Crippen LogP contribution >= 0.6 is 11.3 Å². The third-order valence-electron chi connectivity index (χ3n) is 4.29. The maximum Gasteiger partial charge on any atom is 0.0836 e. The lowest BCUT2D eigenvalue weighted by molar-refractivity contribution is -0.0816. The molecule has 0 amide bonds. The van der Waals surface area contributed by atoms with Gasteiger partial charge in [0.2, 0.25) is 0 Å². The van der Waals surface area contributed by atoms with Crippen LogP contribution in [0.4, 0.5) is 0 Å². The fourth-order valence-electron chi connectivity index (χ4n) is 3.18. The van der Waals surface area contributed by atoms with E-state index >= 15 is 0 Å². The Morgan fingerprint density at radius 2 is 1.89 bits per heavy atom. The molecular weight excluding hydrogens is 254 g/mol. The first kappa shape index (κ1) is 15.0. The molecule has 1 unspecified atom stereocenters. The zero-order valence-electron chi connectivity index (χ0n) is 12.3. The van der Waals surface area contributed by atoms with Crippen molar-refractivity contribution in [3.63, 3.8) is 0 Å². The summed E-state index contributed by atoms with van der Waals surface area (Å²) >= 11 is 1.91. The molecule has 1 saturated carbocycles. The second-order valence-electron chi connectivity index (χ2n) is 5.59. The van der Waals surface area contributed by atoms with Crippen molar-refractivity contribution >= 4 is 11.3 Å². The number of thiophene rings is 1. The SMILES string of the molecule is CCOC1(C(N)Cc2ccc(CC)s2)CCCCC1. The molecule has 1 aromatic heterocycles. The van der Waals surface area contributed by atoms with E-state index in [1.807, 2.05) is 11.3 Å². The molecule has 0 aromatic carbocycles. The summed E-state index contributed by atoms with van der Waals surface area (Å²) < 4.78 is 6.12. The van der Waals surface area contributed by atoms with E-state index in [9.17, 15) is 0 Å². The van der Waals surface area contributed by atoms with Crippen LogP contribution in [0.2, 0.25) is 0 Å². The number of aryl methyl sites for hydroxylation is 1. The van der Waals surface area contributed by atoms with Crippen molar-refractivity contribution in [2.45, 2.75) is 70.4 Å². The number of hydrogen-bond donors (Lipinski definition) is 1. The molecule has 108 valence electrons. The van der Waals surface area contributed by atoms with E-state index in [-0.39, 0.29) is 11.6 Å². The van der Waals surface area contributed by atoms with E-state index in [2.05, 4.69) is 26.0 Å². The van der Waals surface area contributed by atoms with Gasteiger partial charge in [0, 0.05) is 22.4 Å². The molecule has 1 fully saturated rings. The second kappa shape index (κ2) is 6.87. The summed E-state index contributed by atoms with van der Waals surface area (Å²) in [6, 6.07) is 4.61. The van der Waals surface area contributed by atoms with Crippen LogP contribution in [-0.4, -0.2) is 18.2 Å². The molecule has 1 aliphatic rings. The molecule has 1 heterocycles. The van der Waals surface area contributed by atoms with Crippen LogP contribution < -0.4 is 5.73 Å². The van der Waals surface area contributed by atoms with Gasteiger partial charge in [0.1, 0.15) is 0 Å². The molecule has 1 aliphatic carbocycles. The molecule has 2 rings (SSSR count). The molecule has 1 atom stereocenters. The Kier molecular flexibility index (Phi) is 5.43. The predicted molar refractivity (Wildman–Crippen MR) is 82.8 cm³/mol. The zero-order chi connectivity index (χ0) is 13.7. The number of hydrogen-bond acceptors (Lipinski definition) is 3. The Hall–Kier alpha value is -0.380. The molecular formula is C16H27NOS. The zero-order valence-corrected chi connectivity index (χ0v) is 13.1. The van der Waals surface area contributed by atoms with Gasteiger partial charge in [0.05, 0.1) is 5.60 Å². The Morgan fingerprint density at radius 3 is 2.47 bits per heavy atom. The normalized spacial score (nSPS) is 20.4. The van der Waals surface area contributed by atoms with Gasteiger partial charge in [-0.15, -0.1) is 11.3 Å². The summed E-state index contributed by atoms with van der Waals surface area (Å²) in [6.45, 7) is 5.07. The standard InChI is InChI=1S/C16H27NOS/c1-3-13-8-9-14(19-13)12-15(17)16(18-4-2)10-6-5-7-11-16/h8-9,15H,3-7,10-12,17H2,1-2H3. The number of ether oxygens (including phenoxy) is 1. The van der Waals surface area contributed by atoms with Crippen LogP contribution in [0.25, 0.3) is 0 Å². The van der Waals surface area contributed by atoms with Gasteiger partial charge in [-0.25, -0.2) is 0 Å². The van der Waals surface area contributed by atoms with Crippen molar-refractivity contribution < 1.29 is 4.74 Å². The Labute approximate surface area is 121 Å². The highest BCUT2D eigenvalue weighted by Crippen LogP contribution is 2.35. The van der Waals surface area contributed by atoms with Gasteiger partial charge in [-0.3, -0.25) is 0 Å². The summed E-state index contributed by atoms with van der Waals surface area (Å²) in [5.41, 5.74) is 6.47. The minimum absolute atomic E-state index is 0.0661. The number of rotatable bonds is 6. The lowest BCUT2D eigenvalue weighted by Gasteiger charge is -2.41. The van der Waals surface area contributed by atoms with Crippen LogP contribution in [0, 0.1) is 0 Å². The summed E-state index contributed by atoms with van der Waals surface area (Å²) in [7, 11) is 0. The van der Waals surface area contributed by atoms with Gasteiger partial charge < -0.3 is 10.5 Å². The Bertz CT molecular complexity index is 376. The summed E-state index contributed by atoms with van der Waals surface area (Å²) in [5.74, 6) is 0. The first-order valence-corrected chi connectivity index (χ1v) is 8.49. The van der Waals surface area contributed by atoms with Gasteiger partial charge in [0.15, 0.2) is 0 Å². The maximum absolute atomic E-state index is 6.53. The first-order valence-electron chi connectivity index (χ1n) is 7.67. The highest BCUT2D eigenvalue weighted by Gasteiger charge is 2.38. The van der Waals surface area contributed by atoms with Crippen molar-refractivity contribution in [2.75, 3.05) is 6.61 Å². The van der Waals surface area contributed by atoms with Crippen molar-refractivity contribution in [2.24, 2.45) is 5.73 Å². The minimum atomic E-state index is -0.0661. The van der Waals surface area contributed by atoms with Crippen molar-refractivity contribution in [3.8, 4) is 0 Å². The second-order valence-corrected chi connectivity index (χ2v) is 6.84. The van der Waals surface area contributed by atoms with Gasteiger partial charge in [-0.05, 0) is 44.7 Å². The predicted octanol–water partition coefficient (Wildman–Crippen LogP) is 3.92. The minimum Gasteiger partial charge on any atom is -0.374 e. The lowest BCUT2D eigenvalue weighted by atomic mass is 9.78. The molecule has 0 radical (unpaired) electrons. The van der Waals surface area contributed by atoms with E-state index in [0.717, 1.165) is 32.3 Å². The van der Waals surface area contributed by atoms with E-state index < -0.39 is 0 Å². The summed E-state index contributed by atoms with van der Waals surface area (Å²) in [4.78, 5) is 2.87. The summed E-state index contributed by atoms with van der Waals surface area (Å²) in [5, 5.41) is 0. The topological polar surface area (TPSA) is 35.2 Å². The molecule has 1 aromatic rings. The van der Waals surface area contributed by atoms with Crippen molar-refractivity contribution in [1.82, 2.24) is 0 Å². The molecule has 3 heteroatoms. The fourth-order valence-corrected chi connectivity index (χ4v) is 4.20. The van der Waals surface area contributed by atoms with E-state index in [1.165, 1.54) is 29.0 Å². The molecule has 0 aliphatic heterocycles. The van der Waals surface area contributed by atoms with Gasteiger partial charge >= 0.3 is 0 Å². The highest BCUT2D eigenvalue weighted by molar-refractivity contribution is 7.11. The Morgan fingerprint density at radius 1 is 1.21 bits per heavy atom. The number of nitrogens with two attached hydrogens (primary N) is 1. The van der Waals surface area contributed by atoms with Gasteiger partial charge in [-0.2, -0.15) is 0 Å². The molecule has 2 nitrogen and oxygen atoms in total. The maximum atomic E-state index is 6.53. The van der Waals surface area contributed by atoms with Crippen LogP contribution in [0.3, 0.4) is 0 Å². The largest absolute Gasteiger partial charge is 0.374 e. The van der Waals surface area contributed by atoms with Crippen LogP contribution in [0.15, 0.2) is 12.1 Å². The molecule has 19 heavy (non-hydrogen) atoms. The quantitative estimate of drug-likeness (QED) is 0.857. The smallest absolute Gasteiger partial charge is 0.0836 e. The van der Waals surface area contributed by atoms with Crippen LogP contribution in [0.5, 0.6) is 0 Å². The van der Waals surface area contributed by atoms with E-state index in [4.69, 9.17) is 10.5 Å². The fraction of sp³-hybridized carbons (Fsp3) is 0.750. The highest BCUT2D eigenvalue weighted by atomic mass is 32.1. The van der Waals surface area contributed by atoms with E-state index in [0.29, 0.717) is 0 Å². The average molecular weight is 281 g/mol. The third kappa shape index (κ3) is 3.59.